The zero-order chi connectivity index (χ0) is 18.3. The van der Waals surface area contributed by atoms with Crippen molar-refractivity contribution >= 4 is 44.7 Å². The molecule has 0 saturated carbocycles. The number of amides is 1. The lowest BCUT2D eigenvalue weighted by molar-refractivity contribution is 0.103. The predicted octanol–water partition coefficient (Wildman–Crippen LogP) is 4.51. The fourth-order valence-electron chi connectivity index (χ4n) is 2.82. The van der Waals surface area contributed by atoms with Crippen LogP contribution in [0.15, 0.2) is 53.3 Å². The number of rotatable bonds is 3. The molecular formula is C20H17N3O2S. The molecule has 0 bridgehead atoms. The Balaban J connectivity index is 1.65. The molecule has 2 N–H and O–H groups in total. The number of benzene rings is 2. The molecule has 0 unspecified atom stereocenters. The molecule has 0 atom stereocenters. The number of hydrogen-bond donors (Lipinski definition) is 2. The molecule has 130 valence electrons. The van der Waals surface area contributed by atoms with Crippen LogP contribution in [0.25, 0.3) is 21.8 Å². The van der Waals surface area contributed by atoms with E-state index in [0.717, 1.165) is 33.6 Å². The first-order valence-corrected chi connectivity index (χ1v) is 9.17. The summed E-state index contributed by atoms with van der Waals surface area (Å²) in [7, 11) is 0. The van der Waals surface area contributed by atoms with Crippen molar-refractivity contribution in [2.75, 3.05) is 5.32 Å². The van der Waals surface area contributed by atoms with Crippen molar-refractivity contribution in [3.05, 3.63) is 68.8 Å². The number of nitrogens with zero attached hydrogens (tertiary/aromatic N) is 1. The second kappa shape index (κ2) is 6.38. The lowest BCUT2D eigenvalue weighted by Gasteiger charge is -2.05. The van der Waals surface area contributed by atoms with E-state index in [1.54, 1.807) is 12.1 Å². The molecular weight excluding hydrogens is 346 g/mol. The number of anilines is 1. The predicted molar refractivity (Wildman–Crippen MR) is 106 cm³/mol. The van der Waals surface area contributed by atoms with Crippen molar-refractivity contribution in [2.45, 2.75) is 19.8 Å². The molecule has 2 aromatic carbocycles. The molecule has 0 aliphatic rings. The largest absolute Gasteiger partial charge is 0.342 e. The van der Waals surface area contributed by atoms with Gasteiger partial charge in [0.05, 0.1) is 15.9 Å². The van der Waals surface area contributed by atoms with Gasteiger partial charge in [0.1, 0.15) is 5.82 Å². The molecule has 2 heterocycles. The average Bonchev–Trinajstić information content (AvgIpc) is 3.05. The molecule has 0 spiro atoms. The smallest absolute Gasteiger partial charge is 0.265 e. The van der Waals surface area contributed by atoms with Crippen LogP contribution < -0.4 is 10.1 Å². The number of H-pyrrole nitrogens is 1. The zero-order valence-electron chi connectivity index (χ0n) is 14.4. The number of aromatic amines is 1. The highest BCUT2D eigenvalue weighted by atomic mass is 32.1. The highest BCUT2D eigenvalue weighted by Crippen LogP contribution is 2.22. The van der Waals surface area contributed by atoms with Crippen LogP contribution in [-0.4, -0.2) is 15.9 Å². The summed E-state index contributed by atoms with van der Waals surface area (Å²) in [5, 5.41) is 4.27. The maximum atomic E-state index is 12.6. The Bertz CT molecular complexity index is 1190. The van der Waals surface area contributed by atoms with Crippen LogP contribution in [0.3, 0.4) is 0 Å². The van der Waals surface area contributed by atoms with Gasteiger partial charge >= 0.3 is 0 Å². The van der Waals surface area contributed by atoms with E-state index < -0.39 is 0 Å². The van der Waals surface area contributed by atoms with E-state index in [1.165, 1.54) is 0 Å². The van der Waals surface area contributed by atoms with E-state index in [2.05, 4.69) is 29.1 Å². The lowest BCUT2D eigenvalue weighted by Crippen LogP contribution is -2.12. The Morgan fingerprint density at radius 2 is 1.96 bits per heavy atom. The number of imidazole rings is 1. The summed E-state index contributed by atoms with van der Waals surface area (Å²) < 4.78 is -0.112. The zero-order valence-corrected chi connectivity index (χ0v) is 15.2. The fourth-order valence-corrected chi connectivity index (χ4v) is 3.64. The lowest BCUT2D eigenvalue weighted by atomic mass is 10.2. The molecule has 2 aromatic heterocycles. The highest BCUT2D eigenvalue weighted by Gasteiger charge is 2.12. The monoisotopic (exact) mass is 363 g/mol. The Labute approximate surface area is 153 Å². The third kappa shape index (κ3) is 2.99. The summed E-state index contributed by atoms with van der Waals surface area (Å²) in [6.45, 7) is 4.14. The van der Waals surface area contributed by atoms with Crippen LogP contribution in [0.1, 0.15) is 35.3 Å². The normalized spacial score (nSPS) is 11.3. The van der Waals surface area contributed by atoms with Gasteiger partial charge in [-0.05, 0) is 35.7 Å². The van der Waals surface area contributed by atoms with Gasteiger partial charge in [-0.1, -0.05) is 43.4 Å². The summed E-state index contributed by atoms with van der Waals surface area (Å²) in [6, 6.07) is 14.6. The highest BCUT2D eigenvalue weighted by molar-refractivity contribution is 7.12. The van der Waals surface area contributed by atoms with Crippen LogP contribution >= 0.6 is 11.3 Å². The van der Waals surface area contributed by atoms with Gasteiger partial charge in [-0.3, -0.25) is 9.59 Å². The quantitative estimate of drug-likeness (QED) is 0.562. The molecule has 0 fully saturated rings. The van der Waals surface area contributed by atoms with Crippen LogP contribution in [0.5, 0.6) is 0 Å². The third-order valence-corrected chi connectivity index (χ3v) is 5.13. The minimum Gasteiger partial charge on any atom is -0.342 e. The van der Waals surface area contributed by atoms with E-state index in [0.29, 0.717) is 21.9 Å². The standard InChI is InChI=1S/C20H17N3O2S/c1-11(2)18-22-15-8-7-13(10-16(15)23-18)21-19(24)17-9-12-5-3-4-6-14(12)20(25)26-17/h3-11H,1-2H3,(H,21,24)(H,22,23). The van der Waals surface area contributed by atoms with Crippen molar-refractivity contribution in [3.63, 3.8) is 0 Å². The number of aromatic nitrogens is 2. The SMILES string of the molecule is CC(C)c1nc2ccc(NC(=O)c3cc4ccccc4c(=O)s3)cc2[nH]1. The average molecular weight is 363 g/mol. The number of nitrogens with one attached hydrogen (secondary N) is 2. The van der Waals surface area contributed by atoms with E-state index >= 15 is 0 Å². The van der Waals surface area contributed by atoms with Crippen LogP contribution in [0.4, 0.5) is 5.69 Å². The van der Waals surface area contributed by atoms with Gasteiger partial charge in [0, 0.05) is 17.0 Å². The molecule has 0 aliphatic heterocycles. The summed E-state index contributed by atoms with van der Waals surface area (Å²) in [5.41, 5.74) is 2.40. The molecule has 4 rings (SSSR count). The van der Waals surface area contributed by atoms with Crippen molar-refractivity contribution in [1.29, 1.82) is 0 Å². The first kappa shape index (κ1) is 16.5. The molecule has 1 amide bonds. The number of carbonyl (C=O) groups is 1. The van der Waals surface area contributed by atoms with Crippen LogP contribution in [0.2, 0.25) is 0 Å². The summed E-state index contributed by atoms with van der Waals surface area (Å²) in [5.74, 6) is 0.923. The summed E-state index contributed by atoms with van der Waals surface area (Å²) >= 11 is 0.958. The number of carbonyl (C=O) groups excluding carboxylic acids is 1. The molecule has 0 radical (unpaired) electrons. The first-order valence-electron chi connectivity index (χ1n) is 8.35. The maximum absolute atomic E-state index is 12.6. The van der Waals surface area contributed by atoms with E-state index in [1.807, 2.05) is 36.4 Å². The number of fused-ring (bicyclic) bond motifs is 2. The van der Waals surface area contributed by atoms with Gasteiger partial charge in [-0.15, -0.1) is 0 Å². The van der Waals surface area contributed by atoms with Crippen molar-refractivity contribution < 1.29 is 4.79 Å². The Hall–Kier alpha value is -2.99. The second-order valence-corrected chi connectivity index (χ2v) is 7.46. The maximum Gasteiger partial charge on any atom is 0.265 e. The van der Waals surface area contributed by atoms with Gasteiger partial charge in [0.25, 0.3) is 5.91 Å². The molecule has 4 aromatic rings. The van der Waals surface area contributed by atoms with Crippen LogP contribution in [0, 0.1) is 0 Å². The van der Waals surface area contributed by atoms with E-state index in [4.69, 9.17) is 0 Å². The van der Waals surface area contributed by atoms with E-state index in [-0.39, 0.29) is 10.6 Å². The molecule has 26 heavy (non-hydrogen) atoms. The van der Waals surface area contributed by atoms with E-state index in [9.17, 15) is 9.59 Å². The summed E-state index contributed by atoms with van der Waals surface area (Å²) in [6.07, 6.45) is 0. The Morgan fingerprint density at radius 1 is 1.15 bits per heavy atom. The minimum absolute atomic E-state index is 0.112. The Morgan fingerprint density at radius 3 is 2.77 bits per heavy atom. The fraction of sp³-hybridized carbons (Fsp3) is 0.150. The van der Waals surface area contributed by atoms with Gasteiger partial charge in [0.2, 0.25) is 4.74 Å². The van der Waals surface area contributed by atoms with Crippen LogP contribution in [-0.2, 0) is 0 Å². The first-order chi connectivity index (χ1) is 12.5. The molecule has 6 heteroatoms. The molecule has 0 saturated heterocycles. The molecule has 5 nitrogen and oxygen atoms in total. The number of hydrogen-bond acceptors (Lipinski definition) is 4. The van der Waals surface area contributed by atoms with Gasteiger partial charge in [-0.2, -0.15) is 0 Å². The molecule has 0 aliphatic carbocycles. The second-order valence-electron chi connectivity index (χ2n) is 6.45. The summed E-state index contributed by atoms with van der Waals surface area (Å²) in [4.78, 5) is 33.0. The third-order valence-electron chi connectivity index (χ3n) is 4.20. The van der Waals surface area contributed by atoms with Crippen molar-refractivity contribution in [3.8, 4) is 0 Å². The Kier molecular flexibility index (Phi) is 4.05. The minimum atomic E-state index is -0.291. The van der Waals surface area contributed by atoms with Gasteiger partial charge in [0.15, 0.2) is 0 Å². The van der Waals surface area contributed by atoms with Crippen molar-refractivity contribution in [2.24, 2.45) is 0 Å². The van der Waals surface area contributed by atoms with Gasteiger partial charge in [-0.25, -0.2) is 4.98 Å². The topological polar surface area (TPSA) is 74.8 Å². The van der Waals surface area contributed by atoms with Gasteiger partial charge < -0.3 is 10.3 Å². The van der Waals surface area contributed by atoms with Crippen molar-refractivity contribution in [1.82, 2.24) is 9.97 Å².